The first-order valence-electron chi connectivity index (χ1n) is 5.06. The highest BCUT2D eigenvalue weighted by Gasteiger charge is 2.25. The summed E-state index contributed by atoms with van der Waals surface area (Å²) in [4.78, 5) is 11.7. The van der Waals surface area contributed by atoms with Crippen molar-refractivity contribution in [1.29, 1.82) is 0 Å². The third-order valence-corrected chi connectivity index (χ3v) is 2.51. The van der Waals surface area contributed by atoms with Crippen molar-refractivity contribution in [3.8, 4) is 12.3 Å². The molecule has 2 N–H and O–H groups in total. The maximum absolute atomic E-state index is 11.7. The van der Waals surface area contributed by atoms with Crippen LogP contribution < -0.4 is 10.6 Å². The Morgan fingerprint density at radius 2 is 2.07 bits per heavy atom. The zero-order valence-corrected chi connectivity index (χ0v) is 8.89. The number of hydrogen-bond donors (Lipinski definition) is 2. The van der Waals surface area contributed by atoms with Crippen LogP contribution in [0.25, 0.3) is 0 Å². The van der Waals surface area contributed by atoms with Gasteiger partial charge in [-0.15, -0.1) is 6.42 Å². The molecule has 0 unspecified atom stereocenters. The minimum atomic E-state index is -0.526. The van der Waals surface area contributed by atoms with E-state index in [9.17, 15) is 4.79 Å². The molecule has 0 atom stereocenters. The van der Waals surface area contributed by atoms with E-state index in [-0.39, 0.29) is 11.8 Å². The van der Waals surface area contributed by atoms with Crippen LogP contribution in [0.1, 0.15) is 26.7 Å². The zero-order valence-electron chi connectivity index (χ0n) is 8.89. The fourth-order valence-corrected chi connectivity index (χ4v) is 1.53. The van der Waals surface area contributed by atoms with Crippen molar-refractivity contribution in [3.05, 3.63) is 0 Å². The van der Waals surface area contributed by atoms with E-state index in [1.807, 2.05) is 13.8 Å². The number of piperidine rings is 1. The van der Waals surface area contributed by atoms with Crippen LogP contribution in [0.5, 0.6) is 0 Å². The normalized spacial score (nSPS) is 18.6. The van der Waals surface area contributed by atoms with Gasteiger partial charge in [-0.25, -0.2) is 0 Å². The summed E-state index contributed by atoms with van der Waals surface area (Å²) in [5.41, 5.74) is -0.526. The average molecular weight is 194 g/mol. The number of terminal acetylenes is 1. The lowest BCUT2D eigenvalue weighted by molar-refractivity contribution is -0.126. The van der Waals surface area contributed by atoms with Crippen LogP contribution in [0.2, 0.25) is 0 Å². The standard InChI is InChI=1S/C11H18N2O/c1-4-11(2,3)13-10(14)9-5-7-12-8-6-9/h1,9,12H,5-8H2,2-3H3,(H,13,14). The lowest BCUT2D eigenvalue weighted by Gasteiger charge is -2.26. The van der Waals surface area contributed by atoms with E-state index in [4.69, 9.17) is 6.42 Å². The van der Waals surface area contributed by atoms with E-state index >= 15 is 0 Å². The minimum Gasteiger partial charge on any atom is -0.340 e. The van der Waals surface area contributed by atoms with Crippen molar-refractivity contribution in [2.24, 2.45) is 5.92 Å². The van der Waals surface area contributed by atoms with Crippen molar-refractivity contribution in [3.63, 3.8) is 0 Å². The largest absolute Gasteiger partial charge is 0.340 e. The lowest BCUT2D eigenvalue weighted by atomic mass is 9.95. The number of carbonyl (C=O) groups is 1. The Balaban J connectivity index is 2.45. The molecule has 78 valence electrons. The summed E-state index contributed by atoms with van der Waals surface area (Å²) in [6, 6.07) is 0. The van der Waals surface area contributed by atoms with Crippen molar-refractivity contribution in [1.82, 2.24) is 10.6 Å². The molecule has 1 aliphatic heterocycles. The van der Waals surface area contributed by atoms with Gasteiger partial charge in [0.1, 0.15) is 0 Å². The second-order valence-corrected chi connectivity index (χ2v) is 4.28. The predicted molar refractivity (Wildman–Crippen MR) is 56.6 cm³/mol. The maximum atomic E-state index is 11.7. The summed E-state index contributed by atoms with van der Waals surface area (Å²) in [6.07, 6.45) is 7.13. The van der Waals surface area contributed by atoms with Gasteiger partial charge in [0, 0.05) is 5.92 Å². The Morgan fingerprint density at radius 3 is 2.57 bits per heavy atom. The van der Waals surface area contributed by atoms with Gasteiger partial charge < -0.3 is 10.6 Å². The second kappa shape index (κ2) is 4.47. The molecular formula is C11H18N2O. The molecule has 0 aliphatic carbocycles. The topological polar surface area (TPSA) is 41.1 Å². The van der Waals surface area contributed by atoms with Gasteiger partial charge in [0.15, 0.2) is 0 Å². The molecule has 3 nitrogen and oxygen atoms in total. The molecule has 0 bridgehead atoms. The molecule has 0 spiro atoms. The van der Waals surface area contributed by atoms with Crippen LogP contribution in [0.3, 0.4) is 0 Å². The molecule has 1 heterocycles. The summed E-state index contributed by atoms with van der Waals surface area (Å²) in [6.45, 7) is 5.53. The summed E-state index contributed by atoms with van der Waals surface area (Å²) in [7, 11) is 0. The van der Waals surface area contributed by atoms with Crippen LogP contribution in [0.15, 0.2) is 0 Å². The number of hydrogen-bond acceptors (Lipinski definition) is 2. The molecule has 0 saturated carbocycles. The van der Waals surface area contributed by atoms with Gasteiger partial charge in [-0.3, -0.25) is 4.79 Å². The number of amides is 1. The van der Waals surface area contributed by atoms with Crippen LogP contribution in [-0.4, -0.2) is 24.5 Å². The first kappa shape index (κ1) is 11.1. The summed E-state index contributed by atoms with van der Waals surface area (Å²) >= 11 is 0. The lowest BCUT2D eigenvalue weighted by Crippen LogP contribution is -2.47. The number of rotatable bonds is 2. The Bertz CT molecular complexity index is 247. The quantitative estimate of drug-likeness (QED) is 0.629. The van der Waals surface area contributed by atoms with Crippen molar-refractivity contribution >= 4 is 5.91 Å². The monoisotopic (exact) mass is 194 g/mol. The highest BCUT2D eigenvalue weighted by molar-refractivity contribution is 5.79. The minimum absolute atomic E-state index is 0.0921. The van der Waals surface area contributed by atoms with E-state index in [1.54, 1.807) is 0 Å². The number of carbonyl (C=O) groups excluding carboxylic acids is 1. The molecule has 14 heavy (non-hydrogen) atoms. The van der Waals surface area contributed by atoms with Crippen molar-refractivity contribution in [2.75, 3.05) is 13.1 Å². The van der Waals surface area contributed by atoms with E-state index in [1.165, 1.54) is 0 Å². The molecule has 0 aromatic heterocycles. The molecule has 0 aromatic rings. The third-order valence-electron chi connectivity index (χ3n) is 2.51. The van der Waals surface area contributed by atoms with Crippen molar-refractivity contribution in [2.45, 2.75) is 32.2 Å². The molecular weight excluding hydrogens is 176 g/mol. The Kier molecular flexibility index (Phi) is 3.54. The van der Waals surface area contributed by atoms with Crippen LogP contribution in [-0.2, 0) is 4.79 Å². The Morgan fingerprint density at radius 1 is 1.50 bits per heavy atom. The summed E-state index contributed by atoms with van der Waals surface area (Å²) < 4.78 is 0. The molecule has 1 fully saturated rings. The highest BCUT2D eigenvalue weighted by atomic mass is 16.2. The van der Waals surface area contributed by atoms with Gasteiger partial charge in [0.2, 0.25) is 5.91 Å². The third kappa shape index (κ3) is 3.04. The average Bonchev–Trinajstić information content (AvgIpc) is 2.19. The highest BCUT2D eigenvalue weighted by Crippen LogP contribution is 2.13. The molecule has 1 rings (SSSR count). The smallest absolute Gasteiger partial charge is 0.224 e. The van der Waals surface area contributed by atoms with Gasteiger partial charge in [-0.05, 0) is 39.8 Å². The second-order valence-electron chi connectivity index (χ2n) is 4.28. The van der Waals surface area contributed by atoms with Gasteiger partial charge in [-0.2, -0.15) is 0 Å². The fourth-order valence-electron chi connectivity index (χ4n) is 1.53. The predicted octanol–water partition coefficient (Wildman–Crippen LogP) is 0.514. The van der Waals surface area contributed by atoms with Gasteiger partial charge in [0.05, 0.1) is 5.54 Å². The van der Waals surface area contributed by atoms with E-state index in [0.29, 0.717) is 0 Å². The molecule has 3 heteroatoms. The van der Waals surface area contributed by atoms with Crippen LogP contribution in [0.4, 0.5) is 0 Å². The van der Waals surface area contributed by atoms with Gasteiger partial charge in [-0.1, -0.05) is 5.92 Å². The molecule has 1 saturated heterocycles. The van der Waals surface area contributed by atoms with E-state index < -0.39 is 5.54 Å². The van der Waals surface area contributed by atoms with Gasteiger partial charge in [0.25, 0.3) is 0 Å². The van der Waals surface area contributed by atoms with Crippen LogP contribution >= 0.6 is 0 Å². The molecule has 1 aliphatic rings. The molecule has 0 aromatic carbocycles. The number of nitrogens with one attached hydrogen (secondary N) is 2. The Hall–Kier alpha value is -1.01. The zero-order chi connectivity index (χ0) is 10.6. The van der Waals surface area contributed by atoms with Crippen LogP contribution in [0, 0.1) is 18.3 Å². The van der Waals surface area contributed by atoms with E-state index in [0.717, 1.165) is 25.9 Å². The van der Waals surface area contributed by atoms with E-state index in [2.05, 4.69) is 16.6 Å². The summed E-state index contributed by atoms with van der Waals surface area (Å²) in [5.74, 6) is 2.78. The Labute approximate surface area is 85.6 Å². The SMILES string of the molecule is C#CC(C)(C)NC(=O)C1CCNCC1. The summed E-state index contributed by atoms with van der Waals surface area (Å²) in [5, 5.41) is 6.10. The first-order valence-corrected chi connectivity index (χ1v) is 5.06. The molecule has 1 amide bonds. The van der Waals surface area contributed by atoms with Gasteiger partial charge >= 0.3 is 0 Å². The van der Waals surface area contributed by atoms with Crippen molar-refractivity contribution < 1.29 is 4.79 Å². The first-order chi connectivity index (χ1) is 6.55. The molecule has 0 radical (unpaired) electrons. The maximum Gasteiger partial charge on any atom is 0.224 e. The fraction of sp³-hybridized carbons (Fsp3) is 0.727.